The zero-order valence-electron chi connectivity index (χ0n) is 14.7. The summed E-state index contributed by atoms with van der Waals surface area (Å²) < 4.78 is 48.6. The van der Waals surface area contributed by atoms with Crippen molar-refractivity contribution in [2.45, 2.75) is 4.90 Å². The van der Waals surface area contributed by atoms with E-state index in [-0.39, 0.29) is 16.1 Å². The first kappa shape index (κ1) is 19.0. The number of halogens is 1. The van der Waals surface area contributed by atoms with Crippen LogP contribution in [0, 0.1) is 5.82 Å². The molecule has 0 aliphatic rings. The summed E-state index contributed by atoms with van der Waals surface area (Å²) in [5.41, 5.74) is 2.23. The molecule has 1 amide bonds. The molecule has 7 nitrogen and oxygen atoms in total. The number of rotatable bonds is 5. The van der Waals surface area contributed by atoms with Gasteiger partial charge >= 0.3 is 0 Å². The number of carbonyl (C=O) groups is 1. The number of hydrogen-bond donors (Lipinski definition) is 2. The average Bonchev–Trinajstić information content (AvgIpc) is 3.18. The molecule has 3 aromatic carbocycles. The lowest BCUT2D eigenvalue weighted by molar-refractivity contribution is 0.102. The Balaban J connectivity index is 1.56. The van der Waals surface area contributed by atoms with E-state index in [0.717, 1.165) is 36.0 Å². The van der Waals surface area contributed by atoms with E-state index >= 15 is 0 Å². The summed E-state index contributed by atoms with van der Waals surface area (Å²) in [7, 11) is -3.92. The predicted molar refractivity (Wildman–Crippen MR) is 109 cm³/mol. The van der Waals surface area contributed by atoms with Gasteiger partial charge in [-0.3, -0.25) is 9.52 Å². The van der Waals surface area contributed by atoms with Gasteiger partial charge in [0, 0.05) is 11.3 Å². The fraction of sp³-hybridized carbons (Fsp3) is 0. The molecule has 10 heteroatoms. The third kappa shape index (κ3) is 4.08. The Bertz CT molecular complexity index is 1300. The Kier molecular flexibility index (Phi) is 4.95. The van der Waals surface area contributed by atoms with Gasteiger partial charge in [-0.1, -0.05) is 12.1 Å². The molecule has 0 bridgehead atoms. The lowest BCUT2D eigenvalue weighted by Gasteiger charge is -2.10. The molecule has 1 heterocycles. The molecule has 4 rings (SSSR count). The number of anilines is 2. The van der Waals surface area contributed by atoms with E-state index in [9.17, 15) is 17.6 Å². The molecule has 0 aliphatic carbocycles. The average molecular weight is 428 g/mol. The van der Waals surface area contributed by atoms with Gasteiger partial charge in [0.15, 0.2) is 0 Å². The van der Waals surface area contributed by atoms with Crippen molar-refractivity contribution in [3.63, 3.8) is 0 Å². The minimum Gasteiger partial charge on any atom is -0.320 e. The predicted octanol–water partition coefficient (Wildman–Crippen LogP) is 3.88. The highest BCUT2D eigenvalue weighted by Gasteiger charge is 2.16. The van der Waals surface area contributed by atoms with Gasteiger partial charge in [-0.25, -0.2) is 12.8 Å². The molecular formula is C19H13FN4O3S2. The topological polar surface area (TPSA) is 101 Å². The Morgan fingerprint density at radius 1 is 0.966 bits per heavy atom. The second kappa shape index (κ2) is 7.57. The van der Waals surface area contributed by atoms with Gasteiger partial charge < -0.3 is 5.32 Å². The van der Waals surface area contributed by atoms with Crippen LogP contribution in [0.2, 0.25) is 0 Å². The Hall–Kier alpha value is -3.37. The number of nitrogens with zero attached hydrogens (tertiary/aromatic N) is 2. The van der Waals surface area contributed by atoms with Crippen molar-refractivity contribution >= 4 is 50.1 Å². The third-order valence-electron chi connectivity index (χ3n) is 4.04. The zero-order chi connectivity index (χ0) is 20.4. The first-order chi connectivity index (χ1) is 13.9. The van der Waals surface area contributed by atoms with Gasteiger partial charge in [-0.2, -0.15) is 8.75 Å². The summed E-state index contributed by atoms with van der Waals surface area (Å²) in [4.78, 5) is 12.5. The van der Waals surface area contributed by atoms with Crippen LogP contribution >= 0.6 is 11.7 Å². The van der Waals surface area contributed by atoms with Gasteiger partial charge in [0.1, 0.15) is 16.9 Å². The molecule has 0 atom stereocenters. The Labute approximate surface area is 169 Å². The second-order valence-corrected chi connectivity index (χ2v) is 8.24. The zero-order valence-corrected chi connectivity index (χ0v) is 16.3. The van der Waals surface area contributed by atoms with Gasteiger partial charge in [-0.05, 0) is 54.6 Å². The molecule has 0 saturated carbocycles. The summed E-state index contributed by atoms with van der Waals surface area (Å²) in [5.74, 6) is -0.957. The van der Waals surface area contributed by atoms with Crippen LogP contribution < -0.4 is 10.0 Å². The van der Waals surface area contributed by atoms with E-state index in [0.29, 0.717) is 16.7 Å². The molecule has 0 unspecified atom stereocenters. The summed E-state index contributed by atoms with van der Waals surface area (Å²) >= 11 is 1.05. The maximum atomic E-state index is 13.0. The fourth-order valence-electron chi connectivity index (χ4n) is 2.65. The summed E-state index contributed by atoms with van der Waals surface area (Å²) in [6.07, 6.45) is 0. The van der Waals surface area contributed by atoms with Crippen LogP contribution in [0.1, 0.15) is 10.4 Å². The molecule has 1 aromatic heterocycles. The number of hydrogen-bond acceptors (Lipinski definition) is 6. The number of carbonyl (C=O) groups excluding carboxylic acids is 1. The lowest BCUT2D eigenvalue weighted by atomic mass is 10.2. The molecule has 0 fully saturated rings. The van der Waals surface area contributed by atoms with Crippen molar-refractivity contribution in [2.24, 2.45) is 0 Å². The lowest BCUT2D eigenvalue weighted by Crippen LogP contribution is -2.15. The van der Waals surface area contributed by atoms with Crippen LogP contribution in [0.3, 0.4) is 0 Å². The highest BCUT2D eigenvalue weighted by Crippen LogP contribution is 2.23. The van der Waals surface area contributed by atoms with Gasteiger partial charge in [0.2, 0.25) is 0 Å². The minimum absolute atomic E-state index is 0.0866. The largest absolute Gasteiger partial charge is 0.320 e. The van der Waals surface area contributed by atoms with E-state index in [4.69, 9.17) is 0 Å². The first-order valence-corrected chi connectivity index (χ1v) is 10.5. The smallest absolute Gasteiger partial charge is 0.261 e. The summed E-state index contributed by atoms with van der Waals surface area (Å²) in [5, 5.41) is 2.76. The monoisotopic (exact) mass is 428 g/mol. The van der Waals surface area contributed by atoms with Gasteiger partial charge in [0.25, 0.3) is 15.9 Å². The van der Waals surface area contributed by atoms with Crippen LogP contribution in [0.25, 0.3) is 11.0 Å². The maximum Gasteiger partial charge on any atom is 0.261 e. The van der Waals surface area contributed by atoms with Crippen molar-refractivity contribution in [1.82, 2.24) is 8.75 Å². The van der Waals surface area contributed by atoms with Crippen molar-refractivity contribution in [3.05, 3.63) is 78.1 Å². The van der Waals surface area contributed by atoms with Crippen molar-refractivity contribution in [2.75, 3.05) is 10.0 Å². The number of amides is 1. The van der Waals surface area contributed by atoms with Gasteiger partial charge in [-0.15, -0.1) is 0 Å². The van der Waals surface area contributed by atoms with Crippen LogP contribution in [-0.2, 0) is 10.0 Å². The minimum atomic E-state index is -3.92. The number of nitrogens with one attached hydrogen (secondary N) is 2. The quantitative estimate of drug-likeness (QED) is 0.502. The van der Waals surface area contributed by atoms with E-state index < -0.39 is 21.7 Å². The Morgan fingerprint density at radius 2 is 1.72 bits per heavy atom. The number of fused-ring (bicyclic) bond motifs is 1. The molecule has 0 aliphatic heterocycles. The molecule has 29 heavy (non-hydrogen) atoms. The second-order valence-electron chi connectivity index (χ2n) is 6.03. The summed E-state index contributed by atoms with van der Waals surface area (Å²) in [6.45, 7) is 0. The molecule has 0 saturated heterocycles. The van der Waals surface area contributed by atoms with Gasteiger partial charge in [0.05, 0.1) is 22.3 Å². The number of aromatic nitrogens is 2. The van der Waals surface area contributed by atoms with Crippen LogP contribution in [0.15, 0.2) is 71.6 Å². The highest BCUT2D eigenvalue weighted by molar-refractivity contribution is 7.92. The van der Waals surface area contributed by atoms with Crippen molar-refractivity contribution in [3.8, 4) is 0 Å². The molecule has 146 valence electrons. The van der Waals surface area contributed by atoms with Crippen molar-refractivity contribution in [1.29, 1.82) is 0 Å². The van der Waals surface area contributed by atoms with E-state index in [1.165, 1.54) is 12.1 Å². The third-order valence-corrected chi connectivity index (χ3v) is 5.97. The fourth-order valence-corrected chi connectivity index (χ4v) is 4.25. The van der Waals surface area contributed by atoms with E-state index in [1.807, 2.05) is 0 Å². The standard InChI is InChI=1S/C19H13FN4O3S2/c20-13-7-9-15(10-8-13)29(26,27)24-14-4-1-3-12(11-14)19(25)21-16-5-2-6-17-18(16)23-28-22-17/h1-11,24H,(H,21,25). The van der Waals surface area contributed by atoms with Crippen LogP contribution in [0.4, 0.5) is 15.8 Å². The highest BCUT2D eigenvalue weighted by atomic mass is 32.2. The van der Waals surface area contributed by atoms with Crippen LogP contribution in [-0.4, -0.2) is 23.1 Å². The maximum absolute atomic E-state index is 13.0. The van der Waals surface area contributed by atoms with Crippen LogP contribution in [0.5, 0.6) is 0 Å². The molecule has 0 spiro atoms. The molecule has 0 radical (unpaired) electrons. The number of benzene rings is 3. The van der Waals surface area contributed by atoms with E-state index in [2.05, 4.69) is 18.8 Å². The summed E-state index contributed by atoms with van der Waals surface area (Å²) in [6, 6.07) is 15.8. The normalized spacial score (nSPS) is 11.3. The SMILES string of the molecule is O=C(Nc1cccc2nsnc12)c1cccc(NS(=O)(=O)c2ccc(F)cc2)c1. The van der Waals surface area contributed by atoms with Crippen molar-refractivity contribution < 1.29 is 17.6 Å². The molecule has 2 N–H and O–H groups in total. The van der Waals surface area contributed by atoms with E-state index in [1.54, 1.807) is 30.3 Å². The first-order valence-electron chi connectivity index (χ1n) is 8.33. The molecule has 4 aromatic rings. The number of sulfonamides is 1. The Morgan fingerprint density at radius 3 is 2.52 bits per heavy atom. The molecular weight excluding hydrogens is 415 g/mol.